The van der Waals surface area contributed by atoms with Crippen molar-refractivity contribution in [2.75, 3.05) is 7.11 Å². The molecule has 2 rings (SSSR count). The summed E-state index contributed by atoms with van der Waals surface area (Å²) in [7, 11) is 1.55. The standard InChI is InChI=1S/C11H13BrN2O4/c1-17-11-7(13)5-10(11)18-9-3-2-6(12)4-8(9)14(15)16/h2-4,7,10-11H,5,13H2,1H3. The Morgan fingerprint density at radius 3 is 2.83 bits per heavy atom. The lowest BCUT2D eigenvalue weighted by Gasteiger charge is -2.40. The van der Waals surface area contributed by atoms with E-state index in [1.807, 2.05) is 0 Å². The number of nitrogens with zero attached hydrogens (tertiary/aromatic N) is 1. The van der Waals surface area contributed by atoms with Gasteiger partial charge in [0.25, 0.3) is 0 Å². The Labute approximate surface area is 112 Å². The number of hydrogen-bond acceptors (Lipinski definition) is 5. The largest absolute Gasteiger partial charge is 0.481 e. The quantitative estimate of drug-likeness (QED) is 0.676. The topological polar surface area (TPSA) is 87.6 Å². The monoisotopic (exact) mass is 316 g/mol. The second-order valence-electron chi connectivity index (χ2n) is 4.13. The van der Waals surface area contributed by atoms with Gasteiger partial charge in [0.05, 0.1) is 4.92 Å². The SMILES string of the molecule is COC1C(N)CC1Oc1ccc(Br)cc1[N+](=O)[O-]. The van der Waals surface area contributed by atoms with E-state index in [0.717, 1.165) is 0 Å². The number of ether oxygens (including phenoxy) is 2. The van der Waals surface area contributed by atoms with E-state index in [-0.39, 0.29) is 29.7 Å². The van der Waals surface area contributed by atoms with Crippen LogP contribution >= 0.6 is 15.9 Å². The highest BCUT2D eigenvalue weighted by Gasteiger charge is 2.41. The van der Waals surface area contributed by atoms with Crippen molar-refractivity contribution in [2.45, 2.75) is 24.7 Å². The summed E-state index contributed by atoms with van der Waals surface area (Å²) in [5, 5.41) is 10.9. The summed E-state index contributed by atoms with van der Waals surface area (Å²) in [6.07, 6.45) is 0.185. The summed E-state index contributed by atoms with van der Waals surface area (Å²) >= 11 is 3.19. The van der Waals surface area contributed by atoms with E-state index >= 15 is 0 Å². The number of methoxy groups -OCH3 is 1. The fourth-order valence-electron chi connectivity index (χ4n) is 1.95. The van der Waals surface area contributed by atoms with Gasteiger partial charge in [-0.1, -0.05) is 15.9 Å². The first-order valence-electron chi connectivity index (χ1n) is 5.42. The van der Waals surface area contributed by atoms with Gasteiger partial charge in [-0.05, 0) is 12.1 Å². The molecule has 1 aromatic rings. The third kappa shape index (κ3) is 2.47. The average Bonchev–Trinajstić information content (AvgIpc) is 2.30. The number of nitro groups is 1. The number of benzene rings is 1. The maximum Gasteiger partial charge on any atom is 0.312 e. The maximum atomic E-state index is 10.9. The van der Waals surface area contributed by atoms with Crippen molar-refractivity contribution in [3.8, 4) is 5.75 Å². The highest BCUT2D eigenvalue weighted by molar-refractivity contribution is 9.10. The van der Waals surface area contributed by atoms with Crippen LogP contribution < -0.4 is 10.5 Å². The zero-order valence-corrected chi connectivity index (χ0v) is 11.3. The summed E-state index contributed by atoms with van der Waals surface area (Å²) < 4.78 is 11.4. The number of hydrogen-bond donors (Lipinski definition) is 1. The number of nitro benzene ring substituents is 1. The minimum atomic E-state index is -0.472. The van der Waals surface area contributed by atoms with Gasteiger partial charge in [-0.25, -0.2) is 0 Å². The molecule has 18 heavy (non-hydrogen) atoms. The maximum absolute atomic E-state index is 10.9. The van der Waals surface area contributed by atoms with Gasteiger partial charge in [0.1, 0.15) is 12.2 Å². The minimum absolute atomic E-state index is 0.0697. The molecule has 0 heterocycles. The molecule has 1 aliphatic carbocycles. The molecule has 6 nitrogen and oxygen atoms in total. The van der Waals surface area contributed by atoms with Crippen molar-refractivity contribution in [3.63, 3.8) is 0 Å². The van der Waals surface area contributed by atoms with Gasteiger partial charge in [0.15, 0.2) is 5.75 Å². The van der Waals surface area contributed by atoms with E-state index in [4.69, 9.17) is 15.2 Å². The molecule has 1 fully saturated rings. The average molecular weight is 317 g/mol. The zero-order chi connectivity index (χ0) is 13.3. The molecule has 0 spiro atoms. The Kier molecular flexibility index (Phi) is 3.84. The van der Waals surface area contributed by atoms with E-state index in [1.165, 1.54) is 6.07 Å². The van der Waals surface area contributed by atoms with E-state index in [1.54, 1.807) is 19.2 Å². The van der Waals surface area contributed by atoms with Crippen molar-refractivity contribution < 1.29 is 14.4 Å². The molecule has 0 amide bonds. The molecular formula is C11H13BrN2O4. The Morgan fingerprint density at radius 1 is 1.56 bits per heavy atom. The second kappa shape index (κ2) is 5.21. The minimum Gasteiger partial charge on any atom is -0.481 e. The summed E-state index contributed by atoms with van der Waals surface area (Å²) in [6.45, 7) is 0. The normalized spacial score (nSPS) is 26.5. The number of halogens is 1. The number of nitrogens with two attached hydrogens (primary N) is 1. The molecule has 0 aliphatic heterocycles. The molecule has 0 aromatic heterocycles. The van der Waals surface area contributed by atoms with Gasteiger partial charge in [-0.2, -0.15) is 0 Å². The molecule has 7 heteroatoms. The van der Waals surface area contributed by atoms with Crippen LogP contribution in [0, 0.1) is 10.1 Å². The molecule has 1 aromatic carbocycles. The molecule has 2 N–H and O–H groups in total. The Hall–Kier alpha value is -1.18. The van der Waals surface area contributed by atoms with E-state index in [0.29, 0.717) is 10.9 Å². The van der Waals surface area contributed by atoms with Gasteiger partial charge in [-0.15, -0.1) is 0 Å². The highest BCUT2D eigenvalue weighted by Crippen LogP contribution is 2.34. The van der Waals surface area contributed by atoms with E-state index in [2.05, 4.69) is 15.9 Å². The van der Waals surface area contributed by atoms with Crippen LogP contribution in [0.1, 0.15) is 6.42 Å². The Morgan fingerprint density at radius 2 is 2.28 bits per heavy atom. The summed E-state index contributed by atoms with van der Waals surface area (Å²) in [5.41, 5.74) is 5.68. The fraction of sp³-hybridized carbons (Fsp3) is 0.455. The Balaban J connectivity index is 2.17. The Bertz CT molecular complexity index is 468. The van der Waals surface area contributed by atoms with Crippen molar-refractivity contribution >= 4 is 21.6 Å². The van der Waals surface area contributed by atoms with Crippen LogP contribution in [0.5, 0.6) is 5.75 Å². The third-order valence-corrected chi connectivity index (χ3v) is 3.45. The lowest BCUT2D eigenvalue weighted by atomic mass is 9.86. The van der Waals surface area contributed by atoms with Gasteiger partial charge >= 0.3 is 5.69 Å². The van der Waals surface area contributed by atoms with Crippen LogP contribution in [0.3, 0.4) is 0 Å². The van der Waals surface area contributed by atoms with Crippen LogP contribution in [0.4, 0.5) is 5.69 Å². The highest BCUT2D eigenvalue weighted by atomic mass is 79.9. The molecule has 1 saturated carbocycles. The molecule has 0 saturated heterocycles. The lowest BCUT2D eigenvalue weighted by Crippen LogP contribution is -2.59. The summed E-state index contributed by atoms with van der Waals surface area (Å²) in [6, 6.07) is 4.60. The molecule has 3 atom stereocenters. The molecule has 0 radical (unpaired) electrons. The van der Waals surface area contributed by atoms with Crippen LogP contribution in [-0.2, 0) is 4.74 Å². The molecule has 98 valence electrons. The van der Waals surface area contributed by atoms with Crippen LogP contribution in [0.2, 0.25) is 0 Å². The lowest BCUT2D eigenvalue weighted by molar-refractivity contribution is -0.386. The predicted molar refractivity (Wildman–Crippen MR) is 68.6 cm³/mol. The summed E-state index contributed by atoms with van der Waals surface area (Å²) in [4.78, 5) is 10.5. The van der Waals surface area contributed by atoms with E-state index < -0.39 is 4.92 Å². The fourth-order valence-corrected chi connectivity index (χ4v) is 2.30. The van der Waals surface area contributed by atoms with Gasteiger partial charge < -0.3 is 15.2 Å². The van der Waals surface area contributed by atoms with Gasteiger partial charge in [0, 0.05) is 30.1 Å². The van der Waals surface area contributed by atoms with Crippen molar-refractivity contribution in [1.82, 2.24) is 0 Å². The third-order valence-electron chi connectivity index (χ3n) is 2.96. The second-order valence-corrected chi connectivity index (χ2v) is 5.04. The smallest absolute Gasteiger partial charge is 0.312 e. The van der Waals surface area contributed by atoms with Crippen molar-refractivity contribution in [2.24, 2.45) is 5.73 Å². The molecule has 0 bridgehead atoms. The van der Waals surface area contributed by atoms with Gasteiger partial charge in [-0.3, -0.25) is 10.1 Å². The first-order valence-corrected chi connectivity index (χ1v) is 6.21. The molecule has 3 unspecified atom stereocenters. The van der Waals surface area contributed by atoms with Crippen LogP contribution in [-0.4, -0.2) is 30.3 Å². The summed E-state index contributed by atoms with van der Waals surface area (Å²) in [5.74, 6) is 0.238. The van der Waals surface area contributed by atoms with E-state index in [9.17, 15) is 10.1 Å². The van der Waals surface area contributed by atoms with Crippen molar-refractivity contribution in [3.05, 3.63) is 32.8 Å². The van der Waals surface area contributed by atoms with Gasteiger partial charge in [0.2, 0.25) is 0 Å². The van der Waals surface area contributed by atoms with Crippen LogP contribution in [0.25, 0.3) is 0 Å². The predicted octanol–water partition coefficient (Wildman–Crippen LogP) is 1.85. The van der Waals surface area contributed by atoms with Crippen LogP contribution in [0.15, 0.2) is 22.7 Å². The van der Waals surface area contributed by atoms with Crippen molar-refractivity contribution in [1.29, 1.82) is 0 Å². The first-order chi connectivity index (χ1) is 8.52. The zero-order valence-electron chi connectivity index (χ0n) is 9.71. The molecule has 1 aliphatic rings. The number of rotatable bonds is 4. The molecular weight excluding hydrogens is 304 g/mol. The first kappa shape index (κ1) is 13.3.